The number of allylic oxidation sites excluding steroid dienone is 3. The molecule has 1 atom stereocenters. The molecule has 1 unspecified atom stereocenters. The highest BCUT2D eigenvalue weighted by Gasteiger charge is 2.27. The summed E-state index contributed by atoms with van der Waals surface area (Å²) in [6.07, 6.45) is 32.9. The average Bonchev–Trinajstić information content (AvgIpc) is 2.87. The summed E-state index contributed by atoms with van der Waals surface area (Å²) in [5, 5.41) is 10.1. The highest BCUT2D eigenvalue weighted by Crippen LogP contribution is 2.37. The van der Waals surface area contributed by atoms with E-state index in [1.807, 2.05) is 0 Å². The van der Waals surface area contributed by atoms with Crippen molar-refractivity contribution in [2.24, 2.45) is 5.41 Å². The van der Waals surface area contributed by atoms with Gasteiger partial charge in [-0.3, -0.25) is 0 Å². The van der Waals surface area contributed by atoms with Crippen molar-refractivity contribution in [3.05, 3.63) is 54.1 Å². The largest absolute Gasteiger partial charge is 0.395 e. The van der Waals surface area contributed by atoms with E-state index in [0.717, 1.165) is 12.8 Å². The highest BCUT2D eigenvalue weighted by molar-refractivity contribution is 5.75. The molecule has 0 heterocycles. The Labute approximate surface area is 205 Å². The van der Waals surface area contributed by atoms with Crippen molar-refractivity contribution in [2.45, 2.75) is 129 Å². The van der Waals surface area contributed by atoms with Gasteiger partial charge in [0.2, 0.25) is 0 Å². The topological polar surface area (TPSA) is 20.2 Å². The Hall–Kier alpha value is -1.34. The third kappa shape index (κ3) is 12.1. The Morgan fingerprint density at radius 3 is 1.58 bits per heavy atom. The van der Waals surface area contributed by atoms with Crippen molar-refractivity contribution in [1.29, 1.82) is 0 Å². The maximum absolute atomic E-state index is 10.1. The van der Waals surface area contributed by atoms with Crippen molar-refractivity contribution in [3.63, 3.8) is 0 Å². The molecule has 0 saturated heterocycles. The number of hydrogen-bond acceptors (Lipinski definition) is 1. The van der Waals surface area contributed by atoms with Crippen LogP contribution in [0.25, 0.3) is 5.57 Å². The first kappa shape index (κ1) is 27.9. The van der Waals surface area contributed by atoms with Gasteiger partial charge in [-0.1, -0.05) is 165 Å². The minimum atomic E-state index is -0.0339. The summed E-state index contributed by atoms with van der Waals surface area (Å²) >= 11 is 0. The van der Waals surface area contributed by atoms with Gasteiger partial charge in [-0.2, -0.15) is 0 Å². The number of unbranched alkanes of at least 4 members (excludes halogenated alkanes) is 16. The van der Waals surface area contributed by atoms with E-state index >= 15 is 0 Å². The Morgan fingerprint density at radius 2 is 1.15 bits per heavy atom. The van der Waals surface area contributed by atoms with Crippen LogP contribution >= 0.6 is 0 Å². The molecule has 0 aromatic heterocycles. The van der Waals surface area contributed by atoms with Crippen LogP contribution in [0.3, 0.4) is 0 Å². The molecule has 0 spiro atoms. The maximum atomic E-state index is 10.1. The predicted octanol–water partition coefficient (Wildman–Crippen LogP) is 10.1. The van der Waals surface area contributed by atoms with Gasteiger partial charge in [0, 0.05) is 5.41 Å². The summed E-state index contributed by atoms with van der Waals surface area (Å²) in [6, 6.07) is 10.6. The van der Waals surface area contributed by atoms with E-state index in [2.05, 4.69) is 55.5 Å². The van der Waals surface area contributed by atoms with Crippen LogP contribution in [-0.2, 0) is 0 Å². The van der Waals surface area contributed by atoms with Gasteiger partial charge in [-0.25, -0.2) is 0 Å². The standard InChI is InChI=1S/C32H52O/c1-2-3-4-5-6-7-8-9-10-11-12-13-14-15-16-17-21-26-32(29-33)27-24-31(25-28-32)30-22-19-18-20-23-30/h18-20,22-25,27,33H,2-17,21,26,28-29H2,1H3. The van der Waals surface area contributed by atoms with Crippen molar-refractivity contribution >= 4 is 5.57 Å². The fourth-order valence-electron chi connectivity index (χ4n) is 5.14. The Kier molecular flexibility index (Phi) is 15.3. The number of aliphatic hydroxyl groups is 1. The second kappa shape index (κ2) is 18.0. The molecule has 1 aliphatic carbocycles. The van der Waals surface area contributed by atoms with Crippen LogP contribution in [0.5, 0.6) is 0 Å². The molecular weight excluding hydrogens is 400 g/mol. The van der Waals surface area contributed by atoms with Crippen LogP contribution < -0.4 is 0 Å². The molecule has 0 fully saturated rings. The van der Waals surface area contributed by atoms with E-state index in [0.29, 0.717) is 0 Å². The summed E-state index contributed by atoms with van der Waals surface area (Å²) in [4.78, 5) is 0. The first-order valence-corrected chi connectivity index (χ1v) is 14.4. The molecular formula is C32H52O. The zero-order valence-corrected chi connectivity index (χ0v) is 21.7. The molecule has 186 valence electrons. The first-order chi connectivity index (χ1) is 16.3. The van der Waals surface area contributed by atoms with Crippen LogP contribution in [-0.4, -0.2) is 11.7 Å². The van der Waals surface area contributed by atoms with Crippen LogP contribution in [0.2, 0.25) is 0 Å². The monoisotopic (exact) mass is 452 g/mol. The van der Waals surface area contributed by atoms with Gasteiger partial charge in [0.15, 0.2) is 0 Å². The van der Waals surface area contributed by atoms with Gasteiger partial charge in [-0.05, 0) is 24.0 Å². The number of hydrogen-bond donors (Lipinski definition) is 1. The lowest BCUT2D eigenvalue weighted by atomic mass is 9.76. The number of aliphatic hydroxyl groups excluding tert-OH is 1. The molecule has 33 heavy (non-hydrogen) atoms. The molecule has 1 heteroatoms. The zero-order chi connectivity index (χ0) is 23.5. The third-order valence-corrected chi connectivity index (χ3v) is 7.55. The molecule has 0 saturated carbocycles. The second-order valence-corrected chi connectivity index (χ2v) is 10.5. The van der Waals surface area contributed by atoms with Gasteiger partial charge in [0.05, 0.1) is 6.61 Å². The first-order valence-electron chi connectivity index (χ1n) is 14.4. The highest BCUT2D eigenvalue weighted by atomic mass is 16.3. The summed E-state index contributed by atoms with van der Waals surface area (Å²) in [7, 11) is 0. The van der Waals surface area contributed by atoms with Crippen molar-refractivity contribution < 1.29 is 5.11 Å². The average molecular weight is 453 g/mol. The van der Waals surface area contributed by atoms with Crippen LogP contribution in [0, 0.1) is 5.41 Å². The van der Waals surface area contributed by atoms with E-state index in [9.17, 15) is 5.11 Å². The molecule has 0 bridgehead atoms. The van der Waals surface area contributed by atoms with Crippen molar-refractivity contribution in [1.82, 2.24) is 0 Å². The Bertz CT molecular complexity index is 644. The Balaban J connectivity index is 1.41. The quantitative estimate of drug-likeness (QED) is 0.195. The van der Waals surface area contributed by atoms with Gasteiger partial charge in [0.1, 0.15) is 0 Å². The molecule has 2 rings (SSSR count). The lowest BCUT2D eigenvalue weighted by Crippen LogP contribution is -2.24. The molecule has 0 radical (unpaired) electrons. The third-order valence-electron chi connectivity index (χ3n) is 7.55. The van der Waals surface area contributed by atoms with E-state index in [1.54, 1.807) is 0 Å². The molecule has 1 aromatic carbocycles. The molecule has 0 amide bonds. The molecule has 1 aromatic rings. The van der Waals surface area contributed by atoms with Crippen molar-refractivity contribution in [2.75, 3.05) is 6.61 Å². The lowest BCUT2D eigenvalue weighted by molar-refractivity contribution is 0.157. The lowest BCUT2D eigenvalue weighted by Gasteiger charge is -2.30. The fraction of sp³-hybridized carbons (Fsp3) is 0.688. The number of rotatable bonds is 20. The molecule has 0 aliphatic heterocycles. The minimum absolute atomic E-state index is 0.0339. The second-order valence-electron chi connectivity index (χ2n) is 10.5. The van der Waals surface area contributed by atoms with Gasteiger partial charge >= 0.3 is 0 Å². The summed E-state index contributed by atoms with van der Waals surface area (Å²) < 4.78 is 0. The van der Waals surface area contributed by atoms with E-state index in [4.69, 9.17) is 0 Å². The summed E-state index contributed by atoms with van der Waals surface area (Å²) in [5.41, 5.74) is 2.54. The maximum Gasteiger partial charge on any atom is 0.0525 e. The zero-order valence-electron chi connectivity index (χ0n) is 21.7. The van der Waals surface area contributed by atoms with Gasteiger partial charge in [-0.15, -0.1) is 0 Å². The molecule has 1 aliphatic rings. The van der Waals surface area contributed by atoms with E-state index < -0.39 is 0 Å². The normalized spacial score (nSPS) is 17.9. The fourth-order valence-corrected chi connectivity index (χ4v) is 5.14. The van der Waals surface area contributed by atoms with Gasteiger partial charge in [0.25, 0.3) is 0 Å². The van der Waals surface area contributed by atoms with Gasteiger partial charge < -0.3 is 5.11 Å². The van der Waals surface area contributed by atoms with Crippen LogP contribution in [0.1, 0.15) is 134 Å². The molecule has 1 nitrogen and oxygen atoms in total. The smallest absolute Gasteiger partial charge is 0.0525 e. The van der Waals surface area contributed by atoms with Crippen LogP contribution in [0.4, 0.5) is 0 Å². The minimum Gasteiger partial charge on any atom is -0.395 e. The SMILES string of the molecule is CCCCCCCCCCCCCCCCCCCC1(CO)C=CC(c2ccccc2)=CC1. The summed E-state index contributed by atoms with van der Waals surface area (Å²) in [6.45, 7) is 2.56. The van der Waals surface area contributed by atoms with E-state index in [1.165, 1.54) is 120 Å². The van der Waals surface area contributed by atoms with Crippen molar-refractivity contribution in [3.8, 4) is 0 Å². The predicted molar refractivity (Wildman–Crippen MR) is 146 cm³/mol. The van der Waals surface area contributed by atoms with Crippen LogP contribution in [0.15, 0.2) is 48.6 Å². The number of benzene rings is 1. The Morgan fingerprint density at radius 1 is 0.667 bits per heavy atom. The van der Waals surface area contributed by atoms with E-state index in [-0.39, 0.29) is 12.0 Å². The summed E-state index contributed by atoms with van der Waals surface area (Å²) in [5.74, 6) is 0. The molecule has 1 N–H and O–H groups in total.